The Morgan fingerprint density at radius 3 is 2.74 bits per heavy atom. The minimum Gasteiger partial charge on any atom is -0.497 e. The largest absolute Gasteiger partial charge is 0.497 e. The summed E-state index contributed by atoms with van der Waals surface area (Å²) in [6, 6.07) is 20.2. The highest BCUT2D eigenvalue weighted by molar-refractivity contribution is 7.20. The van der Waals surface area contributed by atoms with Gasteiger partial charge in [0.25, 0.3) is 5.19 Å². The van der Waals surface area contributed by atoms with E-state index in [0.717, 1.165) is 39.8 Å². The average molecular weight is 433 g/mol. The predicted octanol–water partition coefficient (Wildman–Crippen LogP) is 5.07. The lowest BCUT2D eigenvalue weighted by atomic mass is 10.0. The second-order valence-corrected chi connectivity index (χ2v) is 8.82. The van der Waals surface area contributed by atoms with Crippen molar-refractivity contribution in [2.45, 2.75) is 25.4 Å². The summed E-state index contributed by atoms with van der Waals surface area (Å²) in [5.74, 6) is 1.00. The molecular weight excluding hydrogens is 408 g/mol. The maximum absolute atomic E-state index is 12.9. The smallest absolute Gasteiger partial charge is 0.274 e. The Morgan fingerprint density at radius 1 is 1.10 bits per heavy atom. The van der Waals surface area contributed by atoms with Gasteiger partial charge in [-0.3, -0.25) is 4.79 Å². The summed E-state index contributed by atoms with van der Waals surface area (Å²) in [6.07, 6.45) is 2.16. The van der Waals surface area contributed by atoms with Crippen molar-refractivity contribution in [3.8, 4) is 10.9 Å². The molecule has 0 radical (unpaired) electrons. The minimum absolute atomic E-state index is 0.0871. The van der Waals surface area contributed by atoms with Crippen LogP contribution < -0.4 is 9.47 Å². The Hall–Kier alpha value is -3.12. The average Bonchev–Trinajstić information content (AvgIpc) is 3.21. The van der Waals surface area contributed by atoms with Crippen LogP contribution in [0.3, 0.4) is 0 Å². The molecule has 0 aliphatic carbocycles. The second-order valence-electron chi connectivity index (χ2n) is 7.83. The quantitative estimate of drug-likeness (QED) is 0.442. The monoisotopic (exact) mass is 432 g/mol. The van der Waals surface area contributed by atoms with Crippen molar-refractivity contribution in [1.82, 2.24) is 9.88 Å². The highest BCUT2D eigenvalue weighted by atomic mass is 32.1. The van der Waals surface area contributed by atoms with E-state index in [1.54, 1.807) is 7.11 Å². The molecule has 0 saturated carbocycles. The van der Waals surface area contributed by atoms with Crippen LogP contribution >= 0.6 is 11.3 Å². The molecule has 5 rings (SSSR count). The molecule has 0 N–H and O–H groups in total. The number of amides is 1. The first kappa shape index (κ1) is 19.8. The molecule has 0 spiro atoms. The minimum atomic E-state index is 0.0871. The highest BCUT2D eigenvalue weighted by Gasteiger charge is 2.25. The zero-order valence-electron chi connectivity index (χ0n) is 17.4. The van der Waals surface area contributed by atoms with Gasteiger partial charge in [-0.05, 0) is 34.5 Å². The number of fused-ring (bicyclic) bond motifs is 2. The lowest BCUT2D eigenvalue weighted by Gasteiger charge is -2.31. The predicted molar refractivity (Wildman–Crippen MR) is 124 cm³/mol. The molecule has 1 aliphatic rings. The first-order valence-electron chi connectivity index (χ1n) is 10.6. The number of ether oxygens (including phenoxy) is 2. The molecule has 1 amide bonds. The lowest BCUT2D eigenvalue weighted by Crippen LogP contribution is -2.42. The van der Waals surface area contributed by atoms with Gasteiger partial charge in [0, 0.05) is 25.9 Å². The number of likely N-dealkylation sites (tertiary alicyclic amines) is 1. The zero-order chi connectivity index (χ0) is 21.2. The van der Waals surface area contributed by atoms with Crippen molar-refractivity contribution in [2.24, 2.45) is 0 Å². The van der Waals surface area contributed by atoms with E-state index >= 15 is 0 Å². The third-order valence-corrected chi connectivity index (χ3v) is 6.77. The Kier molecular flexibility index (Phi) is 5.47. The van der Waals surface area contributed by atoms with Crippen LogP contribution in [-0.4, -0.2) is 42.1 Å². The normalized spacial score (nSPS) is 14.8. The van der Waals surface area contributed by atoms with E-state index in [1.165, 1.54) is 16.7 Å². The topological polar surface area (TPSA) is 51.7 Å². The molecule has 1 aliphatic heterocycles. The summed E-state index contributed by atoms with van der Waals surface area (Å²) in [4.78, 5) is 19.5. The van der Waals surface area contributed by atoms with Gasteiger partial charge >= 0.3 is 0 Å². The number of piperidine rings is 1. The lowest BCUT2D eigenvalue weighted by molar-refractivity contribution is -0.132. The van der Waals surface area contributed by atoms with Crippen molar-refractivity contribution in [1.29, 1.82) is 0 Å². The third-order valence-electron chi connectivity index (χ3n) is 5.86. The van der Waals surface area contributed by atoms with Gasteiger partial charge < -0.3 is 14.4 Å². The van der Waals surface area contributed by atoms with Gasteiger partial charge in [0.05, 0.1) is 23.7 Å². The number of hydrogen-bond acceptors (Lipinski definition) is 5. The first-order chi connectivity index (χ1) is 15.2. The molecule has 1 saturated heterocycles. The number of carbonyl (C=O) groups is 1. The van der Waals surface area contributed by atoms with Crippen LogP contribution in [0.5, 0.6) is 10.9 Å². The van der Waals surface area contributed by atoms with Crippen LogP contribution in [0.25, 0.3) is 21.0 Å². The molecule has 3 aromatic carbocycles. The number of thiazole rings is 1. The second kappa shape index (κ2) is 8.55. The Labute approximate surface area is 185 Å². The van der Waals surface area contributed by atoms with Crippen molar-refractivity contribution in [3.05, 3.63) is 66.2 Å². The van der Waals surface area contributed by atoms with Crippen LogP contribution in [0.1, 0.15) is 18.4 Å². The number of rotatable bonds is 5. The molecule has 1 aromatic heterocycles. The first-order valence-corrected chi connectivity index (χ1v) is 11.4. The Balaban J connectivity index is 1.19. The summed E-state index contributed by atoms with van der Waals surface area (Å²) in [7, 11) is 1.66. The number of methoxy groups -OCH3 is 1. The molecule has 5 nitrogen and oxygen atoms in total. The fourth-order valence-corrected chi connectivity index (χ4v) is 5.06. The number of nitrogens with zero attached hydrogens (tertiary/aromatic N) is 2. The fraction of sp³-hybridized carbons (Fsp3) is 0.280. The van der Waals surface area contributed by atoms with Crippen molar-refractivity contribution in [2.75, 3.05) is 20.2 Å². The van der Waals surface area contributed by atoms with Crippen LogP contribution in [0.2, 0.25) is 0 Å². The van der Waals surface area contributed by atoms with Gasteiger partial charge in [-0.1, -0.05) is 53.8 Å². The fourth-order valence-electron chi connectivity index (χ4n) is 4.15. The summed E-state index contributed by atoms with van der Waals surface area (Å²) < 4.78 is 12.5. The van der Waals surface area contributed by atoms with Gasteiger partial charge in [-0.15, -0.1) is 0 Å². The maximum Gasteiger partial charge on any atom is 0.274 e. The van der Waals surface area contributed by atoms with E-state index in [-0.39, 0.29) is 12.0 Å². The van der Waals surface area contributed by atoms with Crippen LogP contribution in [0.15, 0.2) is 60.7 Å². The molecule has 1 fully saturated rings. The van der Waals surface area contributed by atoms with Crippen molar-refractivity contribution in [3.63, 3.8) is 0 Å². The Bertz CT molecular complexity index is 1220. The molecule has 4 aromatic rings. The van der Waals surface area contributed by atoms with Crippen molar-refractivity contribution >= 4 is 38.2 Å². The van der Waals surface area contributed by atoms with Crippen LogP contribution in [0, 0.1) is 0 Å². The summed E-state index contributed by atoms with van der Waals surface area (Å²) in [6.45, 7) is 1.43. The van der Waals surface area contributed by atoms with Crippen molar-refractivity contribution < 1.29 is 14.3 Å². The molecule has 0 atom stereocenters. The van der Waals surface area contributed by atoms with Gasteiger partial charge in [-0.2, -0.15) is 0 Å². The van der Waals surface area contributed by atoms with Crippen LogP contribution in [0.4, 0.5) is 0 Å². The standard InChI is InChI=1S/C25H24N2O3S/c1-29-20-9-10-22-23(16-20)31-25(26-22)30-19-11-13-27(14-12-19)24(28)15-18-7-4-6-17-5-2-3-8-21(17)18/h2-10,16,19H,11-15H2,1H3. The van der Waals surface area contributed by atoms with Gasteiger partial charge in [0.2, 0.25) is 5.91 Å². The van der Waals surface area contributed by atoms with Gasteiger partial charge in [0.15, 0.2) is 0 Å². The molecule has 158 valence electrons. The summed E-state index contributed by atoms with van der Waals surface area (Å²) in [5, 5.41) is 3.01. The van der Waals surface area contributed by atoms with E-state index in [4.69, 9.17) is 9.47 Å². The Morgan fingerprint density at radius 2 is 1.90 bits per heavy atom. The number of aromatic nitrogens is 1. The molecule has 31 heavy (non-hydrogen) atoms. The van der Waals surface area contributed by atoms with E-state index < -0.39 is 0 Å². The van der Waals surface area contributed by atoms with Gasteiger partial charge in [-0.25, -0.2) is 4.98 Å². The van der Waals surface area contributed by atoms with Crippen LogP contribution in [-0.2, 0) is 11.2 Å². The molecular formula is C25H24N2O3S. The number of benzene rings is 3. The maximum atomic E-state index is 12.9. The SMILES string of the molecule is COc1ccc2nc(OC3CCN(C(=O)Cc4cccc5ccccc45)CC3)sc2c1. The highest BCUT2D eigenvalue weighted by Crippen LogP contribution is 2.32. The molecule has 0 unspecified atom stereocenters. The molecule has 2 heterocycles. The summed E-state index contributed by atoms with van der Waals surface area (Å²) >= 11 is 1.54. The van der Waals surface area contributed by atoms with Gasteiger partial charge in [0.1, 0.15) is 11.9 Å². The number of hydrogen-bond donors (Lipinski definition) is 0. The van der Waals surface area contributed by atoms with E-state index in [2.05, 4.69) is 29.2 Å². The molecule has 0 bridgehead atoms. The number of carbonyl (C=O) groups excluding carboxylic acids is 1. The van der Waals surface area contributed by atoms with E-state index in [0.29, 0.717) is 24.7 Å². The third kappa shape index (κ3) is 4.21. The zero-order valence-corrected chi connectivity index (χ0v) is 18.2. The summed E-state index contributed by atoms with van der Waals surface area (Å²) in [5.41, 5.74) is 2.01. The van der Waals surface area contributed by atoms with E-state index in [1.807, 2.05) is 41.3 Å². The van der Waals surface area contributed by atoms with E-state index in [9.17, 15) is 4.79 Å². The molecule has 6 heteroatoms.